The highest BCUT2D eigenvalue weighted by molar-refractivity contribution is 9.93. The van der Waals surface area contributed by atoms with Crippen molar-refractivity contribution < 1.29 is 9.90 Å². The summed E-state index contributed by atoms with van der Waals surface area (Å²) in [6.45, 7) is 1.08. The average molecular weight is 888 g/mol. The molecule has 0 heterocycles. The summed E-state index contributed by atoms with van der Waals surface area (Å²) in [4.78, 5) is 9.16. The molecule has 0 amide bonds. The molecule has 1 unspecified atom stereocenters. The summed E-state index contributed by atoms with van der Waals surface area (Å²) in [6, 6.07) is 55.7. The zero-order valence-corrected chi connectivity index (χ0v) is 32.4. The molecule has 1 atom stereocenters. The molecule has 0 spiro atoms. The standard InChI is InChI=1S/C20H14Br2.C20H14.C2H4O2.Br2/c21-19(14-8-2-1-3-9-14)20(22)17-12-6-4-10-15(17)16-11-5-7-13-18(16)20;1-2-8-15(9-3-1)14-20-18-12-6-4-10-16(18)17-11-5-7-13-19(17)20;1-2(3)4;1-2/h1-13,19H;1-14H;1H3,(H,3,4);. The summed E-state index contributed by atoms with van der Waals surface area (Å²) < 4.78 is -0.248. The normalized spacial score (nSPS) is 12.9. The Hall–Kier alpha value is -3.55. The first-order valence-corrected chi connectivity index (χ1v) is 20.7. The van der Waals surface area contributed by atoms with Crippen LogP contribution in [0.15, 0.2) is 158 Å². The highest BCUT2D eigenvalue weighted by Crippen LogP contribution is 2.60. The fourth-order valence-electron chi connectivity index (χ4n) is 6.26. The highest BCUT2D eigenvalue weighted by atomic mass is 80.9. The fraction of sp³-hybridized carbons (Fsp3) is 0.0714. The van der Waals surface area contributed by atoms with E-state index >= 15 is 0 Å². The van der Waals surface area contributed by atoms with Crippen LogP contribution < -0.4 is 0 Å². The van der Waals surface area contributed by atoms with E-state index in [2.05, 4.69) is 224 Å². The van der Waals surface area contributed by atoms with Gasteiger partial charge in [-0.2, -0.15) is 0 Å². The zero-order chi connectivity index (χ0) is 34.1. The molecule has 2 nitrogen and oxygen atoms in total. The van der Waals surface area contributed by atoms with Gasteiger partial charge in [0.1, 0.15) is 0 Å². The van der Waals surface area contributed by atoms with Gasteiger partial charge in [0.2, 0.25) is 0 Å². The van der Waals surface area contributed by atoms with E-state index in [-0.39, 0.29) is 9.15 Å². The summed E-state index contributed by atoms with van der Waals surface area (Å²) in [5.74, 6) is -0.833. The molecule has 0 aliphatic heterocycles. The van der Waals surface area contributed by atoms with E-state index in [1.54, 1.807) is 0 Å². The molecule has 0 saturated heterocycles. The Morgan fingerprint density at radius 1 is 0.562 bits per heavy atom. The van der Waals surface area contributed by atoms with Gasteiger partial charge >= 0.3 is 0 Å². The van der Waals surface area contributed by atoms with Crippen LogP contribution in [0.25, 0.3) is 33.9 Å². The Bertz CT molecular complexity index is 1930. The third kappa shape index (κ3) is 7.52. The fourth-order valence-corrected chi connectivity index (χ4v) is 8.02. The van der Waals surface area contributed by atoms with Crippen molar-refractivity contribution >= 4 is 77.7 Å². The van der Waals surface area contributed by atoms with Crippen LogP contribution in [0.1, 0.15) is 45.1 Å². The molecule has 0 fully saturated rings. The van der Waals surface area contributed by atoms with Crippen LogP contribution in [-0.4, -0.2) is 11.1 Å². The maximum absolute atomic E-state index is 9.00. The van der Waals surface area contributed by atoms with Crippen LogP contribution in [0.2, 0.25) is 0 Å². The predicted molar refractivity (Wildman–Crippen MR) is 216 cm³/mol. The van der Waals surface area contributed by atoms with Crippen LogP contribution in [0, 0.1) is 0 Å². The molecule has 0 radical (unpaired) electrons. The monoisotopic (exact) mass is 884 g/mol. The predicted octanol–water partition coefficient (Wildman–Crippen LogP) is 13.5. The molecule has 2 aliphatic carbocycles. The van der Waals surface area contributed by atoms with Gasteiger partial charge in [-0.3, -0.25) is 4.79 Å². The molecule has 6 aromatic carbocycles. The van der Waals surface area contributed by atoms with Crippen molar-refractivity contribution in [3.63, 3.8) is 0 Å². The van der Waals surface area contributed by atoms with E-state index in [1.807, 2.05) is 0 Å². The number of carboxylic acids is 1. The molecular formula is C42H32Br4O2. The third-order valence-corrected chi connectivity index (χ3v) is 11.3. The molecule has 48 heavy (non-hydrogen) atoms. The summed E-state index contributed by atoms with van der Waals surface area (Å²) in [5.41, 5.74) is 14.4. The maximum Gasteiger partial charge on any atom is 0.300 e. The summed E-state index contributed by atoms with van der Waals surface area (Å²) in [5, 5.41) is 7.42. The van der Waals surface area contributed by atoms with Gasteiger partial charge in [-0.25, -0.2) is 0 Å². The lowest BCUT2D eigenvalue weighted by Crippen LogP contribution is -2.22. The largest absolute Gasteiger partial charge is 0.481 e. The van der Waals surface area contributed by atoms with Gasteiger partial charge in [-0.15, -0.1) is 0 Å². The minimum atomic E-state index is -0.833. The molecule has 0 bridgehead atoms. The summed E-state index contributed by atoms with van der Waals surface area (Å²) in [6.07, 6.45) is 2.28. The topological polar surface area (TPSA) is 37.3 Å². The molecular weight excluding hydrogens is 856 g/mol. The van der Waals surface area contributed by atoms with Crippen molar-refractivity contribution in [3.05, 3.63) is 191 Å². The number of benzene rings is 6. The van der Waals surface area contributed by atoms with Crippen LogP contribution >= 0.6 is 60.1 Å². The van der Waals surface area contributed by atoms with Crippen molar-refractivity contribution in [2.45, 2.75) is 16.1 Å². The quantitative estimate of drug-likeness (QED) is 0.180. The van der Waals surface area contributed by atoms with E-state index in [1.165, 1.54) is 61.2 Å². The van der Waals surface area contributed by atoms with Gasteiger partial charge in [0, 0.05) is 35.2 Å². The Kier molecular flexibility index (Phi) is 12.4. The number of hydrogen-bond donors (Lipinski definition) is 1. The molecule has 0 aromatic heterocycles. The third-order valence-electron chi connectivity index (χ3n) is 8.20. The van der Waals surface area contributed by atoms with Crippen molar-refractivity contribution in [2.24, 2.45) is 0 Å². The van der Waals surface area contributed by atoms with Gasteiger partial charge in [0.15, 0.2) is 0 Å². The molecule has 6 aromatic rings. The van der Waals surface area contributed by atoms with Crippen molar-refractivity contribution in [3.8, 4) is 22.3 Å². The maximum atomic E-state index is 9.00. The van der Waals surface area contributed by atoms with Gasteiger partial charge in [-0.1, -0.05) is 190 Å². The lowest BCUT2D eigenvalue weighted by atomic mass is 9.89. The molecule has 8 rings (SSSR count). The number of rotatable bonds is 3. The molecule has 2 aliphatic rings. The van der Waals surface area contributed by atoms with Gasteiger partial charge in [0.05, 0.1) is 9.15 Å². The summed E-state index contributed by atoms with van der Waals surface area (Å²) >= 11 is 13.6. The lowest BCUT2D eigenvalue weighted by molar-refractivity contribution is -0.134. The van der Waals surface area contributed by atoms with Gasteiger partial charge < -0.3 is 5.11 Å². The molecule has 1 N–H and O–H groups in total. The van der Waals surface area contributed by atoms with Crippen LogP contribution in [0.4, 0.5) is 0 Å². The van der Waals surface area contributed by atoms with Crippen LogP contribution in [-0.2, 0) is 9.12 Å². The van der Waals surface area contributed by atoms with Crippen LogP contribution in [0.3, 0.4) is 0 Å². The lowest BCUT2D eigenvalue weighted by Gasteiger charge is -2.31. The van der Waals surface area contributed by atoms with E-state index < -0.39 is 5.97 Å². The SMILES string of the molecule is BrBr.BrC(c1ccccc1)C1(Br)c2ccccc2-c2ccccc21.C(=C1c2ccccc2-c2ccccc21)c1ccccc1.CC(=O)O. The minimum absolute atomic E-state index is 0.158. The van der Waals surface area contributed by atoms with E-state index in [0.717, 1.165) is 6.92 Å². The number of alkyl halides is 2. The number of carbonyl (C=O) groups is 1. The zero-order valence-electron chi connectivity index (χ0n) is 26.0. The van der Waals surface area contributed by atoms with Crippen molar-refractivity contribution in [1.29, 1.82) is 0 Å². The molecule has 240 valence electrons. The highest BCUT2D eigenvalue weighted by Gasteiger charge is 2.46. The Morgan fingerprint density at radius 2 is 0.896 bits per heavy atom. The average Bonchev–Trinajstić information content (AvgIpc) is 3.60. The Morgan fingerprint density at radius 3 is 1.33 bits per heavy atom. The van der Waals surface area contributed by atoms with Crippen molar-refractivity contribution in [1.82, 2.24) is 0 Å². The second-order valence-electron chi connectivity index (χ2n) is 11.2. The second-order valence-corrected chi connectivity index (χ2v) is 13.3. The van der Waals surface area contributed by atoms with E-state index in [4.69, 9.17) is 9.90 Å². The Balaban J connectivity index is 0.000000162. The number of carboxylic acid groups (broad SMARTS) is 1. The van der Waals surface area contributed by atoms with Gasteiger partial charge in [0.25, 0.3) is 5.97 Å². The minimum Gasteiger partial charge on any atom is -0.481 e. The van der Waals surface area contributed by atoms with Crippen molar-refractivity contribution in [2.75, 3.05) is 0 Å². The number of hydrogen-bond acceptors (Lipinski definition) is 1. The first-order chi connectivity index (χ1) is 23.4. The molecule has 6 heteroatoms. The van der Waals surface area contributed by atoms with E-state index in [0.29, 0.717) is 0 Å². The van der Waals surface area contributed by atoms with Crippen LogP contribution in [0.5, 0.6) is 0 Å². The Labute approximate surface area is 314 Å². The first-order valence-electron chi connectivity index (χ1n) is 15.3. The first kappa shape index (κ1) is 35.7. The second kappa shape index (κ2) is 16.7. The van der Waals surface area contributed by atoms with Gasteiger partial charge in [-0.05, 0) is 67.3 Å². The smallest absolute Gasteiger partial charge is 0.300 e. The van der Waals surface area contributed by atoms with E-state index in [9.17, 15) is 0 Å². The number of fused-ring (bicyclic) bond motifs is 6. The summed E-state index contributed by atoms with van der Waals surface area (Å²) in [7, 11) is 0. The number of halogens is 4. The molecule has 0 saturated carbocycles. The number of aliphatic carboxylic acids is 1.